The SMILES string of the molecule is CCc1cc(O)ccc1-c1ccc(C)cc1. The normalized spacial score (nSPS) is 10.4. The number of rotatable bonds is 2. The highest BCUT2D eigenvalue weighted by Gasteiger charge is 2.04. The summed E-state index contributed by atoms with van der Waals surface area (Å²) in [5.74, 6) is 0.340. The van der Waals surface area contributed by atoms with Crippen LogP contribution in [0.4, 0.5) is 0 Å². The van der Waals surface area contributed by atoms with E-state index >= 15 is 0 Å². The predicted octanol–water partition coefficient (Wildman–Crippen LogP) is 3.93. The molecule has 2 aromatic carbocycles. The average Bonchev–Trinajstić information content (AvgIpc) is 2.30. The van der Waals surface area contributed by atoms with Gasteiger partial charge in [0.15, 0.2) is 0 Å². The fourth-order valence-corrected chi connectivity index (χ4v) is 1.89. The van der Waals surface area contributed by atoms with E-state index in [0.717, 1.165) is 6.42 Å². The molecule has 82 valence electrons. The third-order valence-corrected chi connectivity index (χ3v) is 2.83. The summed E-state index contributed by atoms with van der Waals surface area (Å²) in [5.41, 5.74) is 4.87. The van der Waals surface area contributed by atoms with Crippen molar-refractivity contribution in [3.05, 3.63) is 53.6 Å². The first-order chi connectivity index (χ1) is 7.70. The quantitative estimate of drug-likeness (QED) is 0.799. The van der Waals surface area contributed by atoms with Crippen LogP contribution in [0.3, 0.4) is 0 Å². The van der Waals surface area contributed by atoms with Crippen molar-refractivity contribution in [3.63, 3.8) is 0 Å². The lowest BCUT2D eigenvalue weighted by atomic mass is 9.97. The van der Waals surface area contributed by atoms with Crippen LogP contribution in [0.5, 0.6) is 5.75 Å². The first-order valence-electron chi connectivity index (χ1n) is 5.59. The molecular formula is C15H16O. The largest absolute Gasteiger partial charge is 0.508 e. The molecule has 0 bridgehead atoms. The molecule has 0 aromatic heterocycles. The van der Waals surface area contributed by atoms with E-state index in [-0.39, 0.29) is 0 Å². The second-order valence-corrected chi connectivity index (χ2v) is 4.06. The Morgan fingerprint density at radius 3 is 2.31 bits per heavy atom. The smallest absolute Gasteiger partial charge is 0.115 e. The highest BCUT2D eigenvalue weighted by Crippen LogP contribution is 2.27. The van der Waals surface area contributed by atoms with Crippen LogP contribution < -0.4 is 0 Å². The summed E-state index contributed by atoms with van der Waals surface area (Å²) in [6, 6.07) is 14.0. The molecule has 0 fully saturated rings. The van der Waals surface area contributed by atoms with Gasteiger partial charge in [-0.25, -0.2) is 0 Å². The van der Waals surface area contributed by atoms with Crippen LogP contribution >= 0.6 is 0 Å². The van der Waals surface area contributed by atoms with Crippen LogP contribution in [-0.4, -0.2) is 5.11 Å². The van der Waals surface area contributed by atoms with Gasteiger partial charge in [-0.15, -0.1) is 0 Å². The van der Waals surface area contributed by atoms with Crippen molar-refractivity contribution in [2.75, 3.05) is 0 Å². The van der Waals surface area contributed by atoms with Gasteiger partial charge in [0.25, 0.3) is 0 Å². The third kappa shape index (κ3) is 2.08. The highest BCUT2D eigenvalue weighted by atomic mass is 16.3. The van der Waals surface area contributed by atoms with Gasteiger partial charge in [0.05, 0.1) is 0 Å². The lowest BCUT2D eigenvalue weighted by Gasteiger charge is -2.09. The Kier molecular flexibility index (Phi) is 2.95. The lowest BCUT2D eigenvalue weighted by Crippen LogP contribution is -1.87. The zero-order valence-corrected chi connectivity index (χ0v) is 9.70. The molecule has 1 heteroatoms. The van der Waals surface area contributed by atoms with Gasteiger partial charge >= 0.3 is 0 Å². The van der Waals surface area contributed by atoms with E-state index in [1.165, 1.54) is 22.3 Å². The van der Waals surface area contributed by atoms with E-state index in [1.54, 1.807) is 6.07 Å². The molecular weight excluding hydrogens is 196 g/mol. The Balaban J connectivity index is 2.51. The molecule has 0 saturated heterocycles. The number of aryl methyl sites for hydroxylation is 2. The van der Waals surface area contributed by atoms with Crippen LogP contribution in [-0.2, 0) is 6.42 Å². The molecule has 0 spiro atoms. The predicted molar refractivity (Wildman–Crippen MR) is 67.7 cm³/mol. The standard InChI is InChI=1S/C15H16O/c1-3-12-10-14(16)8-9-15(12)13-6-4-11(2)5-7-13/h4-10,16H,3H2,1-2H3. The van der Waals surface area contributed by atoms with E-state index in [1.807, 2.05) is 12.1 Å². The molecule has 0 aliphatic carbocycles. The van der Waals surface area contributed by atoms with E-state index in [9.17, 15) is 5.11 Å². The molecule has 0 amide bonds. The van der Waals surface area contributed by atoms with Gasteiger partial charge in [0.1, 0.15) is 5.75 Å². The van der Waals surface area contributed by atoms with Crippen LogP contribution in [0.15, 0.2) is 42.5 Å². The third-order valence-electron chi connectivity index (χ3n) is 2.83. The summed E-state index contributed by atoms with van der Waals surface area (Å²) < 4.78 is 0. The van der Waals surface area contributed by atoms with Crippen molar-refractivity contribution in [1.29, 1.82) is 0 Å². The van der Waals surface area contributed by atoms with Crippen molar-refractivity contribution in [2.24, 2.45) is 0 Å². The zero-order chi connectivity index (χ0) is 11.5. The highest BCUT2D eigenvalue weighted by molar-refractivity contribution is 5.68. The zero-order valence-electron chi connectivity index (χ0n) is 9.70. The van der Waals surface area contributed by atoms with Gasteiger partial charge in [-0.2, -0.15) is 0 Å². The molecule has 1 nitrogen and oxygen atoms in total. The first kappa shape index (κ1) is 10.7. The molecule has 0 heterocycles. The molecule has 16 heavy (non-hydrogen) atoms. The van der Waals surface area contributed by atoms with Gasteiger partial charge < -0.3 is 5.11 Å². The monoisotopic (exact) mass is 212 g/mol. The summed E-state index contributed by atoms with van der Waals surface area (Å²) in [6.07, 6.45) is 0.928. The fourth-order valence-electron chi connectivity index (χ4n) is 1.89. The number of benzene rings is 2. The fraction of sp³-hybridized carbons (Fsp3) is 0.200. The van der Waals surface area contributed by atoms with E-state index in [0.29, 0.717) is 5.75 Å². The Morgan fingerprint density at radius 2 is 1.69 bits per heavy atom. The Labute approximate surface area is 96.4 Å². The van der Waals surface area contributed by atoms with Crippen molar-refractivity contribution >= 4 is 0 Å². The average molecular weight is 212 g/mol. The maximum Gasteiger partial charge on any atom is 0.115 e. The van der Waals surface area contributed by atoms with Crippen LogP contribution in [0.1, 0.15) is 18.1 Å². The van der Waals surface area contributed by atoms with Crippen molar-refractivity contribution in [3.8, 4) is 16.9 Å². The maximum atomic E-state index is 9.46. The van der Waals surface area contributed by atoms with Gasteiger partial charge in [-0.1, -0.05) is 42.8 Å². The second-order valence-electron chi connectivity index (χ2n) is 4.06. The van der Waals surface area contributed by atoms with Gasteiger partial charge in [0, 0.05) is 0 Å². The number of phenols is 1. The van der Waals surface area contributed by atoms with Crippen molar-refractivity contribution < 1.29 is 5.11 Å². The Hall–Kier alpha value is -1.76. The molecule has 0 radical (unpaired) electrons. The second kappa shape index (κ2) is 4.40. The minimum atomic E-state index is 0.340. The maximum absolute atomic E-state index is 9.46. The summed E-state index contributed by atoms with van der Waals surface area (Å²) in [7, 11) is 0. The van der Waals surface area contributed by atoms with Crippen molar-refractivity contribution in [1.82, 2.24) is 0 Å². The Bertz CT molecular complexity index is 483. The number of hydrogen-bond acceptors (Lipinski definition) is 1. The molecule has 2 rings (SSSR count). The van der Waals surface area contributed by atoms with Gasteiger partial charge in [-0.3, -0.25) is 0 Å². The van der Waals surface area contributed by atoms with Crippen LogP contribution in [0, 0.1) is 6.92 Å². The van der Waals surface area contributed by atoms with E-state index in [4.69, 9.17) is 0 Å². The molecule has 1 N–H and O–H groups in total. The Morgan fingerprint density at radius 1 is 1.00 bits per heavy atom. The molecule has 0 saturated carbocycles. The van der Waals surface area contributed by atoms with E-state index < -0.39 is 0 Å². The summed E-state index contributed by atoms with van der Waals surface area (Å²) >= 11 is 0. The van der Waals surface area contributed by atoms with Gasteiger partial charge in [-0.05, 0) is 42.2 Å². The first-order valence-corrected chi connectivity index (χ1v) is 5.59. The molecule has 2 aromatic rings. The van der Waals surface area contributed by atoms with Crippen LogP contribution in [0.25, 0.3) is 11.1 Å². The minimum Gasteiger partial charge on any atom is -0.508 e. The summed E-state index contributed by atoms with van der Waals surface area (Å²) in [6.45, 7) is 4.19. The lowest BCUT2D eigenvalue weighted by molar-refractivity contribution is 0.474. The number of aromatic hydroxyl groups is 1. The van der Waals surface area contributed by atoms with E-state index in [2.05, 4.69) is 38.1 Å². The molecule has 0 aliphatic rings. The molecule has 0 unspecified atom stereocenters. The molecule has 0 aliphatic heterocycles. The number of phenolic OH excluding ortho intramolecular Hbond substituents is 1. The molecule has 0 atom stereocenters. The summed E-state index contributed by atoms with van der Waals surface area (Å²) in [4.78, 5) is 0. The van der Waals surface area contributed by atoms with Gasteiger partial charge in [0.2, 0.25) is 0 Å². The van der Waals surface area contributed by atoms with Crippen LogP contribution in [0.2, 0.25) is 0 Å². The van der Waals surface area contributed by atoms with Crippen molar-refractivity contribution in [2.45, 2.75) is 20.3 Å². The topological polar surface area (TPSA) is 20.2 Å². The number of hydrogen-bond donors (Lipinski definition) is 1. The summed E-state index contributed by atoms with van der Waals surface area (Å²) in [5, 5.41) is 9.46. The minimum absolute atomic E-state index is 0.340.